The molecule has 0 radical (unpaired) electrons. The van der Waals surface area contributed by atoms with E-state index in [4.69, 9.17) is 0 Å². The van der Waals surface area contributed by atoms with E-state index in [9.17, 15) is 9.90 Å². The predicted octanol–water partition coefficient (Wildman–Crippen LogP) is 1.04. The Morgan fingerprint density at radius 2 is 1.94 bits per heavy atom. The summed E-state index contributed by atoms with van der Waals surface area (Å²) in [4.78, 5) is 11.8. The number of rotatable bonds is 5. The molecular weight excluding hydrogens is 228 g/mol. The van der Waals surface area contributed by atoms with Crippen molar-refractivity contribution in [1.29, 1.82) is 0 Å². The lowest BCUT2D eigenvalue weighted by atomic mass is 9.89. The fraction of sp³-hybridized carbons (Fsp3) is 0.929. The largest absolute Gasteiger partial charge is 0.391 e. The Morgan fingerprint density at radius 1 is 1.33 bits per heavy atom. The van der Waals surface area contributed by atoms with E-state index in [0.717, 1.165) is 12.8 Å². The third kappa shape index (κ3) is 3.69. The van der Waals surface area contributed by atoms with Crippen molar-refractivity contribution in [2.75, 3.05) is 6.54 Å². The lowest BCUT2D eigenvalue weighted by molar-refractivity contribution is -0.122. The first-order chi connectivity index (χ1) is 8.54. The molecular formula is C14H26N2O2. The number of carbonyl (C=O) groups is 1. The highest BCUT2D eigenvalue weighted by molar-refractivity contribution is 5.76. The molecule has 2 rings (SSSR count). The standard InChI is InChI=1S/C14H26N2O2/c1-9(2)13(17)8-15-14(18)7-10-5-11-3-4-12(6-10)16-11/h9-13,16-17H,3-8H2,1-2H3,(H,15,18). The molecule has 2 heterocycles. The fourth-order valence-electron chi connectivity index (χ4n) is 3.13. The third-order valence-electron chi connectivity index (χ3n) is 4.32. The second kappa shape index (κ2) is 6.02. The summed E-state index contributed by atoms with van der Waals surface area (Å²) in [5, 5.41) is 16.1. The first-order valence-electron chi connectivity index (χ1n) is 7.25. The summed E-state index contributed by atoms with van der Waals surface area (Å²) in [6.45, 7) is 4.30. The summed E-state index contributed by atoms with van der Waals surface area (Å²) in [6, 6.07) is 1.28. The number of amides is 1. The van der Waals surface area contributed by atoms with Gasteiger partial charge in [-0.25, -0.2) is 0 Å². The van der Waals surface area contributed by atoms with Crippen LogP contribution in [0.3, 0.4) is 0 Å². The van der Waals surface area contributed by atoms with Gasteiger partial charge in [0.05, 0.1) is 6.10 Å². The Hall–Kier alpha value is -0.610. The summed E-state index contributed by atoms with van der Waals surface area (Å²) in [7, 11) is 0. The van der Waals surface area contributed by atoms with Gasteiger partial charge in [-0.2, -0.15) is 0 Å². The quantitative estimate of drug-likeness (QED) is 0.687. The van der Waals surface area contributed by atoms with E-state index in [1.807, 2.05) is 13.8 Å². The molecule has 3 unspecified atom stereocenters. The average Bonchev–Trinajstić information content (AvgIpc) is 2.65. The minimum atomic E-state index is -0.432. The van der Waals surface area contributed by atoms with Crippen LogP contribution in [0, 0.1) is 11.8 Å². The van der Waals surface area contributed by atoms with Gasteiger partial charge in [0.25, 0.3) is 0 Å². The summed E-state index contributed by atoms with van der Waals surface area (Å²) < 4.78 is 0. The highest BCUT2D eigenvalue weighted by atomic mass is 16.3. The Balaban J connectivity index is 1.68. The van der Waals surface area contributed by atoms with Gasteiger partial charge < -0.3 is 15.7 Å². The van der Waals surface area contributed by atoms with E-state index >= 15 is 0 Å². The maximum Gasteiger partial charge on any atom is 0.220 e. The molecule has 2 aliphatic heterocycles. The Kier molecular flexibility index (Phi) is 4.62. The zero-order chi connectivity index (χ0) is 13.1. The van der Waals surface area contributed by atoms with Crippen molar-refractivity contribution in [3.63, 3.8) is 0 Å². The summed E-state index contributed by atoms with van der Waals surface area (Å²) in [6.07, 6.45) is 5.01. The molecule has 4 nitrogen and oxygen atoms in total. The van der Waals surface area contributed by atoms with Crippen LogP contribution in [-0.2, 0) is 4.79 Å². The molecule has 0 spiro atoms. The van der Waals surface area contributed by atoms with Gasteiger partial charge in [-0.05, 0) is 37.5 Å². The van der Waals surface area contributed by atoms with Crippen molar-refractivity contribution in [1.82, 2.24) is 10.6 Å². The Labute approximate surface area is 110 Å². The number of hydrogen-bond donors (Lipinski definition) is 3. The first-order valence-corrected chi connectivity index (χ1v) is 7.25. The Bertz CT molecular complexity index is 282. The zero-order valence-electron chi connectivity index (χ0n) is 11.5. The summed E-state index contributed by atoms with van der Waals surface area (Å²) >= 11 is 0. The van der Waals surface area contributed by atoms with Gasteiger partial charge in [0.2, 0.25) is 5.91 Å². The highest BCUT2D eigenvalue weighted by Gasteiger charge is 2.34. The maximum atomic E-state index is 11.8. The van der Waals surface area contributed by atoms with Crippen molar-refractivity contribution in [2.24, 2.45) is 11.8 Å². The van der Waals surface area contributed by atoms with Gasteiger partial charge in [-0.3, -0.25) is 4.79 Å². The van der Waals surface area contributed by atoms with Gasteiger partial charge in [0, 0.05) is 25.0 Å². The van der Waals surface area contributed by atoms with Crippen LogP contribution in [0.1, 0.15) is 46.0 Å². The lowest BCUT2D eigenvalue weighted by Crippen LogP contribution is -2.41. The van der Waals surface area contributed by atoms with Gasteiger partial charge in [-0.1, -0.05) is 13.8 Å². The summed E-state index contributed by atoms with van der Waals surface area (Å²) in [5.74, 6) is 0.820. The molecule has 3 atom stereocenters. The maximum absolute atomic E-state index is 11.8. The number of aliphatic hydroxyl groups excluding tert-OH is 1. The topological polar surface area (TPSA) is 61.4 Å². The van der Waals surface area contributed by atoms with E-state index in [0.29, 0.717) is 31.0 Å². The second-order valence-electron chi connectivity index (χ2n) is 6.29. The molecule has 2 saturated heterocycles. The minimum absolute atomic E-state index is 0.0981. The smallest absolute Gasteiger partial charge is 0.220 e. The number of fused-ring (bicyclic) bond motifs is 2. The van der Waals surface area contributed by atoms with Crippen molar-refractivity contribution in [2.45, 2.75) is 64.1 Å². The number of nitrogens with one attached hydrogen (secondary N) is 2. The SMILES string of the molecule is CC(C)C(O)CNC(=O)CC1CC2CCC(C1)N2. The van der Waals surface area contributed by atoms with E-state index in [2.05, 4.69) is 10.6 Å². The van der Waals surface area contributed by atoms with Crippen LogP contribution < -0.4 is 10.6 Å². The van der Waals surface area contributed by atoms with Gasteiger partial charge in [-0.15, -0.1) is 0 Å². The van der Waals surface area contributed by atoms with Crippen LogP contribution in [0.2, 0.25) is 0 Å². The second-order valence-corrected chi connectivity index (χ2v) is 6.29. The molecule has 0 saturated carbocycles. The molecule has 2 fully saturated rings. The minimum Gasteiger partial charge on any atom is -0.391 e. The number of aliphatic hydroxyl groups is 1. The van der Waals surface area contributed by atoms with Crippen LogP contribution in [0.15, 0.2) is 0 Å². The molecule has 2 aliphatic rings. The number of carbonyl (C=O) groups excluding carboxylic acids is 1. The third-order valence-corrected chi connectivity index (χ3v) is 4.32. The van der Waals surface area contributed by atoms with Crippen LogP contribution in [0.4, 0.5) is 0 Å². The van der Waals surface area contributed by atoms with Gasteiger partial charge in [0.15, 0.2) is 0 Å². The molecule has 2 bridgehead atoms. The molecule has 4 heteroatoms. The monoisotopic (exact) mass is 254 g/mol. The molecule has 104 valence electrons. The molecule has 0 aromatic carbocycles. The van der Waals surface area contributed by atoms with Gasteiger partial charge >= 0.3 is 0 Å². The van der Waals surface area contributed by atoms with Crippen molar-refractivity contribution < 1.29 is 9.90 Å². The molecule has 0 aliphatic carbocycles. The molecule has 18 heavy (non-hydrogen) atoms. The lowest BCUT2D eigenvalue weighted by Gasteiger charge is -2.28. The fourth-order valence-corrected chi connectivity index (χ4v) is 3.13. The molecule has 0 aromatic heterocycles. The zero-order valence-corrected chi connectivity index (χ0v) is 11.5. The summed E-state index contributed by atoms with van der Waals surface area (Å²) in [5.41, 5.74) is 0. The number of hydrogen-bond acceptors (Lipinski definition) is 3. The molecule has 3 N–H and O–H groups in total. The number of piperidine rings is 1. The van der Waals surface area contributed by atoms with Crippen LogP contribution in [0.25, 0.3) is 0 Å². The first kappa shape index (κ1) is 13.8. The van der Waals surface area contributed by atoms with E-state index < -0.39 is 6.10 Å². The van der Waals surface area contributed by atoms with E-state index in [1.165, 1.54) is 12.8 Å². The highest BCUT2D eigenvalue weighted by Crippen LogP contribution is 2.32. The van der Waals surface area contributed by atoms with Crippen molar-refractivity contribution in [3.05, 3.63) is 0 Å². The van der Waals surface area contributed by atoms with Gasteiger partial charge in [0.1, 0.15) is 0 Å². The van der Waals surface area contributed by atoms with Crippen molar-refractivity contribution in [3.8, 4) is 0 Å². The Morgan fingerprint density at radius 3 is 2.50 bits per heavy atom. The predicted molar refractivity (Wildman–Crippen MR) is 71.1 cm³/mol. The van der Waals surface area contributed by atoms with Crippen LogP contribution in [-0.4, -0.2) is 35.7 Å². The molecule has 1 amide bonds. The average molecular weight is 254 g/mol. The van der Waals surface area contributed by atoms with Crippen LogP contribution >= 0.6 is 0 Å². The normalized spacial score (nSPS) is 32.6. The van der Waals surface area contributed by atoms with Crippen LogP contribution in [0.5, 0.6) is 0 Å². The van der Waals surface area contributed by atoms with Crippen molar-refractivity contribution >= 4 is 5.91 Å². The van der Waals surface area contributed by atoms with E-state index in [1.54, 1.807) is 0 Å². The van der Waals surface area contributed by atoms with E-state index in [-0.39, 0.29) is 11.8 Å². The molecule has 0 aromatic rings.